The molecule has 0 fully saturated rings. The van der Waals surface area contributed by atoms with Gasteiger partial charge in [0.05, 0.1) is 12.7 Å². The SMILES string of the molecule is CCNC(=NCc1ccc(Oc2cccnc2)c(F)c1)NCCn1cccc1. The summed E-state index contributed by atoms with van der Waals surface area (Å²) in [5, 5.41) is 6.48. The van der Waals surface area contributed by atoms with E-state index in [1.165, 1.54) is 6.07 Å². The molecule has 0 aliphatic rings. The van der Waals surface area contributed by atoms with Crippen LogP contribution in [0.15, 0.2) is 72.2 Å². The summed E-state index contributed by atoms with van der Waals surface area (Å²) in [6.45, 7) is 4.71. The Bertz CT molecular complexity index is 881. The second-order valence-electron chi connectivity index (χ2n) is 6.10. The highest BCUT2D eigenvalue weighted by Crippen LogP contribution is 2.24. The Morgan fingerprint density at radius 3 is 2.75 bits per heavy atom. The van der Waals surface area contributed by atoms with Gasteiger partial charge in [-0.2, -0.15) is 0 Å². The van der Waals surface area contributed by atoms with E-state index >= 15 is 0 Å². The number of hydrogen-bond donors (Lipinski definition) is 2. The van der Waals surface area contributed by atoms with Crippen LogP contribution in [0, 0.1) is 5.82 Å². The van der Waals surface area contributed by atoms with Crippen LogP contribution in [-0.4, -0.2) is 28.6 Å². The quantitative estimate of drug-likeness (QED) is 0.463. The van der Waals surface area contributed by atoms with E-state index in [4.69, 9.17) is 4.74 Å². The lowest BCUT2D eigenvalue weighted by atomic mass is 10.2. The minimum absolute atomic E-state index is 0.164. The van der Waals surface area contributed by atoms with Crippen LogP contribution in [-0.2, 0) is 13.1 Å². The first kappa shape index (κ1) is 19.4. The maximum atomic E-state index is 14.3. The summed E-state index contributed by atoms with van der Waals surface area (Å²) < 4.78 is 21.9. The highest BCUT2D eigenvalue weighted by atomic mass is 19.1. The summed E-state index contributed by atoms with van der Waals surface area (Å²) >= 11 is 0. The molecule has 0 atom stereocenters. The van der Waals surface area contributed by atoms with Crippen molar-refractivity contribution in [2.24, 2.45) is 4.99 Å². The number of halogens is 1. The molecule has 0 aliphatic heterocycles. The van der Waals surface area contributed by atoms with Crippen LogP contribution in [0.1, 0.15) is 12.5 Å². The monoisotopic (exact) mass is 381 g/mol. The second-order valence-corrected chi connectivity index (χ2v) is 6.10. The fourth-order valence-corrected chi connectivity index (χ4v) is 2.59. The Morgan fingerprint density at radius 1 is 1.18 bits per heavy atom. The molecule has 28 heavy (non-hydrogen) atoms. The molecular formula is C21H24FN5O. The molecule has 1 aromatic carbocycles. The van der Waals surface area contributed by atoms with Crippen molar-refractivity contribution in [3.8, 4) is 11.5 Å². The van der Waals surface area contributed by atoms with E-state index in [0.717, 1.165) is 25.2 Å². The van der Waals surface area contributed by atoms with Gasteiger partial charge in [-0.1, -0.05) is 6.07 Å². The highest BCUT2D eigenvalue weighted by Gasteiger charge is 2.07. The maximum absolute atomic E-state index is 14.3. The van der Waals surface area contributed by atoms with Crippen LogP contribution < -0.4 is 15.4 Å². The lowest BCUT2D eigenvalue weighted by molar-refractivity contribution is 0.440. The predicted molar refractivity (Wildman–Crippen MR) is 108 cm³/mol. The largest absolute Gasteiger partial charge is 0.453 e. The van der Waals surface area contributed by atoms with Crippen molar-refractivity contribution in [1.29, 1.82) is 0 Å². The zero-order chi connectivity index (χ0) is 19.6. The number of aliphatic imine (C=N–C) groups is 1. The molecule has 0 bridgehead atoms. The number of rotatable bonds is 8. The van der Waals surface area contributed by atoms with Gasteiger partial charge >= 0.3 is 0 Å². The smallest absolute Gasteiger partial charge is 0.191 e. The fourth-order valence-electron chi connectivity index (χ4n) is 2.59. The highest BCUT2D eigenvalue weighted by molar-refractivity contribution is 5.79. The van der Waals surface area contributed by atoms with Crippen molar-refractivity contribution in [1.82, 2.24) is 20.2 Å². The van der Waals surface area contributed by atoms with Gasteiger partial charge in [0, 0.05) is 38.2 Å². The minimum atomic E-state index is -0.429. The standard InChI is InChI=1S/C21H24FN5O/c1-2-24-21(25-10-13-27-11-3-4-12-27)26-15-17-7-8-20(19(22)14-17)28-18-6-5-9-23-16-18/h3-9,11-12,14,16H,2,10,13,15H2,1H3,(H2,24,25,26). The van der Waals surface area contributed by atoms with Gasteiger partial charge in [-0.15, -0.1) is 0 Å². The van der Waals surface area contributed by atoms with Gasteiger partial charge in [-0.05, 0) is 48.9 Å². The van der Waals surface area contributed by atoms with Crippen LogP contribution in [0.25, 0.3) is 0 Å². The predicted octanol–water partition coefficient (Wildman–Crippen LogP) is 3.57. The van der Waals surface area contributed by atoms with Crippen LogP contribution in [0.3, 0.4) is 0 Å². The lowest BCUT2D eigenvalue weighted by Crippen LogP contribution is -2.38. The first-order valence-corrected chi connectivity index (χ1v) is 9.24. The summed E-state index contributed by atoms with van der Waals surface area (Å²) in [5.74, 6) is 0.929. The second kappa shape index (κ2) is 10.1. The third-order valence-electron chi connectivity index (χ3n) is 3.95. The van der Waals surface area contributed by atoms with Crippen molar-refractivity contribution >= 4 is 5.96 Å². The molecule has 0 radical (unpaired) electrons. The molecule has 0 unspecified atom stereocenters. The van der Waals surface area contributed by atoms with Gasteiger partial charge in [0.15, 0.2) is 17.5 Å². The number of nitrogens with one attached hydrogen (secondary N) is 2. The van der Waals surface area contributed by atoms with Gasteiger partial charge in [0.2, 0.25) is 0 Å². The van der Waals surface area contributed by atoms with E-state index in [2.05, 4.69) is 25.2 Å². The molecule has 2 aromatic heterocycles. The minimum Gasteiger partial charge on any atom is -0.453 e. The Balaban J connectivity index is 1.57. The topological polar surface area (TPSA) is 63.5 Å². The first-order chi connectivity index (χ1) is 13.7. The maximum Gasteiger partial charge on any atom is 0.191 e. The van der Waals surface area contributed by atoms with Gasteiger partial charge < -0.3 is 19.9 Å². The zero-order valence-corrected chi connectivity index (χ0v) is 15.8. The molecule has 6 nitrogen and oxygen atoms in total. The van der Waals surface area contributed by atoms with Gasteiger partial charge in [-0.3, -0.25) is 4.98 Å². The van der Waals surface area contributed by atoms with Crippen LogP contribution in [0.4, 0.5) is 4.39 Å². The van der Waals surface area contributed by atoms with Crippen molar-refractivity contribution in [3.05, 3.63) is 78.6 Å². The molecular weight excluding hydrogens is 357 g/mol. The number of aromatic nitrogens is 2. The normalized spacial score (nSPS) is 11.3. The van der Waals surface area contributed by atoms with Crippen molar-refractivity contribution < 1.29 is 9.13 Å². The van der Waals surface area contributed by atoms with Crippen LogP contribution >= 0.6 is 0 Å². The van der Waals surface area contributed by atoms with Crippen molar-refractivity contribution in [2.45, 2.75) is 20.0 Å². The molecule has 0 spiro atoms. The van der Waals surface area contributed by atoms with E-state index in [1.807, 2.05) is 37.5 Å². The molecule has 0 saturated carbocycles. The molecule has 7 heteroatoms. The van der Waals surface area contributed by atoms with E-state index < -0.39 is 5.82 Å². The summed E-state index contributed by atoms with van der Waals surface area (Å²) in [6, 6.07) is 12.3. The molecule has 0 amide bonds. The fraction of sp³-hybridized carbons (Fsp3) is 0.238. The Labute approximate surface area is 164 Å². The molecule has 0 aliphatic carbocycles. The summed E-state index contributed by atoms with van der Waals surface area (Å²) in [6.07, 6.45) is 7.21. The Morgan fingerprint density at radius 2 is 2.04 bits per heavy atom. The number of ether oxygens (including phenoxy) is 1. The molecule has 2 N–H and O–H groups in total. The molecule has 0 saturated heterocycles. The van der Waals surface area contributed by atoms with Crippen molar-refractivity contribution in [3.63, 3.8) is 0 Å². The average molecular weight is 381 g/mol. The van der Waals surface area contributed by atoms with E-state index in [0.29, 0.717) is 18.3 Å². The molecule has 146 valence electrons. The molecule has 3 rings (SSSR count). The van der Waals surface area contributed by atoms with E-state index in [9.17, 15) is 4.39 Å². The molecule has 3 aromatic rings. The number of benzene rings is 1. The van der Waals surface area contributed by atoms with Crippen molar-refractivity contribution in [2.75, 3.05) is 13.1 Å². The van der Waals surface area contributed by atoms with Gasteiger partial charge in [0.25, 0.3) is 0 Å². The average Bonchev–Trinajstić information content (AvgIpc) is 3.22. The zero-order valence-electron chi connectivity index (χ0n) is 15.8. The number of guanidine groups is 1. The first-order valence-electron chi connectivity index (χ1n) is 9.24. The number of hydrogen-bond acceptors (Lipinski definition) is 3. The summed E-state index contributed by atoms with van der Waals surface area (Å²) in [4.78, 5) is 8.48. The third-order valence-corrected chi connectivity index (χ3v) is 3.95. The number of nitrogens with zero attached hydrogens (tertiary/aromatic N) is 3. The van der Waals surface area contributed by atoms with Gasteiger partial charge in [-0.25, -0.2) is 9.38 Å². The Kier molecular flexibility index (Phi) is 7.01. The summed E-state index contributed by atoms with van der Waals surface area (Å²) in [5.41, 5.74) is 0.763. The third kappa shape index (κ3) is 5.84. The van der Waals surface area contributed by atoms with E-state index in [1.54, 1.807) is 30.6 Å². The van der Waals surface area contributed by atoms with Crippen LogP contribution in [0.2, 0.25) is 0 Å². The number of pyridine rings is 1. The Hall–Kier alpha value is -3.35. The van der Waals surface area contributed by atoms with Crippen LogP contribution in [0.5, 0.6) is 11.5 Å². The van der Waals surface area contributed by atoms with Gasteiger partial charge in [0.1, 0.15) is 5.75 Å². The van der Waals surface area contributed by atoms with E-state index in [-0.39, 0.29) is 5.75 Å². The lowest BCUT2D eigenvalue weighted by Gasteiger charge is -2.12. The summed E-state index contributed by atoms with van der Waals surface area (Å²) in [7, 11) is 0. The molecule has 2 heterocycles.